The minimum atomic E-state index is -4.78. The number of ether oxygens (including phenoxy) is 1. The van der Waals surface area contributed by atoms with Gasteiger partial charge in [0, 0.05) is 37.8 Å². The maximum Gasteiger partial charge on any atom is 0.573 e. The van der Waals surface area contributed by atoms with E-state index in [2.05, 4.69) is 15.0 Å². The van der Waals surface area contributed by atoms with Crippen LogP contribution in [-0.2, 0) is 0 Å². The van der Waals surface area contributed by atoms with Crippen LogP contribution in [0, 0.1) is 11.7 Å². The van der Waals surface area contributed by atoms with E-state index in [0.717, 1.165) is 51.2 Å². The zero-order valence-electron chi connectivity index (χ0n) is 14.0. The van der Waals surface area contributed by atoms with Crippen LogP contribution in [0.4, 0.5) is 17.6 Å². The minimum Gasteiger partial charge on any atom is -0.406 e. The largest absolute Gasteiger partial charge is 0.573 e. The van der Waals surface area contributed by atoms with Crippen molar-refractivity contribution in [1.29, 1.82) is 0 Å². The number of halogens is 4. The van der Waals surface area contributed by atoms with Gasteiger partial charge in [-0.25, -0.2) is 4.39 Å². The predicted molar refractivity (Wildman–Crippen MR) is 84.3 cm³/mol. The predicted octanol–water partition coefficient (Wildman–Crippen LogP) is 4.11. The summed E-state index contributed by atoms with van der Waals surface area (Å²) in [5.41, 5.74) is 0.277. The fourth-order valence-corrected chi connectivity index (χ4v) is 3.38. The van der Waals surface area contributed by atoms with Gasteiger partial charge in [0.05, 0.1) is 0 Å². The number of rotatable bonds is 6. The van der Waals surface area contributed by atoms with Crippen molar-refractivity contribution >= 4 is 0 Å². The highest BCUT2D eigenvalue weighted by Crippen LogP contribution is 2.36. The lowest BCUT2D eigenvalue weighted by molar-refractivity contribution is -0.274. The van der Waals surface area contributed by atoms with Crippen LogP contribution in [-0.4, -0.2) is 37.4 Å². The molecular weight excluding hydrogens is 324 g/mol. The maximum absolute atomic E-state index is 14.4. The fraction of sp³-hybridized carbons (Fsp3) is 0.647. The molecule has 1 unspecified atom stereocenters. The molecule has 1 heterocycles. The van der Waals surface area contributed by atoms with Gasteiger partial charge in [0.1, 0.15) is 11.6 Å². The normalized spacial score (nSPS) is 19.1. The topological polar surface area (TPSA) is 24.5 Å². The van der Waals surface area contributed by atoms with E-state index >= 15 is 0 Å². The molecular formula is C17H24F4N2O. The van der Waals surface area contributed by atoms with E-state index in [1.54, 1.807) is 0 Å². The molecule has 24 heavy (non-hydrogen) atoms. The molecule has 0 aliphatic carbocycles. The van der Waals surface area contributed by atoms with Crippen molar-refractivity contribution in [3.05, 3.63) is 29.6 Å². The van der Waals surface area contributed by atoms with Gasteiger partial charge in [-0.2, -0.15) is 0 Å². The third-order valence-electron chi connectivity index (χ3n) is 4.35. The summed E-state index contributed by atoms with van der Waals surface area (Å²) in [6, 6.07) is 3.02. The third kappa shape index (κ3) is 5.08. The van der Waals surface area contributed by atoms with Crippen LogP contribution in [0.3, 0.4) is 0 Å². The molecule has 1 N–H and O–H groups in total. The zero-order chi connectivity index (χ0) is 17.7. The highest BCUT2D eigenvalue weighted by atomic mass is 19.4. The van der Waals surface area contributed by atoms with Crippen molar-refractivity contribution in [2.24, 2.45) is 5.92 Å². The number of benzene rings is 1. The molecule has 7 heteroatoms. The Bertz CT molecular complexity index is 530. The molecule has 0 spiro atoms. The van der Waals surface area contributed by atoms with E-state index in [4.69, 9.17) is 0 Å². The van der Waals surface area contributed by atoms with Crippen LogP contribution in [0.1, 0.15) is 38.3 Å². The molecule has 1 aromatic rings. The summed E-state index contributed by atoms with van der Waals surface area (Å²) < 4.78 is 55.8. The summed E-state index contributed by atoms with van der Waals surface area (Å²) in [4.78, 5) is 2.15. The van der Waals surface area contributed by atoms with E-state index in [1.165, 1.54) is 6.07 Å². The Morgan fingerprint density at radius 3 is 2.50 bits per heavy atom. The Balaban J connectivity index is 2.34. The second-order valence-electron chi connectivity index (χ2n) is 6.23. The van der Waals surface area contributed by atoms with Gasteiger partial charge in [-0.05, 0) is 30.5 Å². The lowest BCUT2D eigenvalue weighted by Crippen LogP contribution is -2.46. The summed E-state index contributed by atoms with van der Waals surface area (Å²) in [5.74, 6) is -0.734. The molecule has 0 radical (unpaired) electrons. The smallest absolute Gasteiger partial charge is 0.406 e. The SMILES string of the molecule is CCCC(C)[C@@H](c1cc(OC(F)(F)F)ccc1F)N1CCNCC1. The molecule has 136 valence electrons. The number of hydrogen-bond acceptors (Lipinski definition) is 3. The Morgan fingerprint density at radius 1 is 1.25 bits per heavy atom. The Hall–Kier alpha value is -1.34. The van der Waals surface area contributed by atoms with Gasteiger partial charge >= 0.3 is 6.36 Å². The summed E-state index contributed by atoms with van der Waals surface area (Å²) in [5, 5.41) is 3.24. The summed E-state index contributed by atoms with van der Waals surface area (Å²) >= 11 is 0. The summed E-state index contributed by atoms with van der Waals surface area (Å²) in [6.45, 7) is 7.12. The second-order valence-corrected chi connectivity index (χ2v) is 6.23. The van der Waals surface area contributed by atoms with E-state index in [1.807, 2.05) is 13.8 Å². The van der Waals surface area contributed by atoms with Gasteiger partial charge < -0.3 is 10.1 Å². The standard InChI is InChI=1S/C17H24F4N2O/c1-3-4-12(2)16(23-9-7-22-8-10-23)14-11-13(5-6-15(14)18)24-17(19,20)21/h5-6,11-12,16,22H,3-4,7-10H2,1-2H3/t12?,16-/m0/s1. The molecule has 0 bridgehead atoms. The highest BCUT2D eigenvalue weighted by Gasteiger charge is 2.33. The number of nitrogens with one attached hydrogen (secondary N) is 1. The second kappa shape index (κ2) is 8.16. The highest BCUT2D eigenvalue weighted by molar-refractivity contribution is 5.32. The van der Waals surface area contributed by atoms with Crippen LogP contribution >= 0.6 is 0 Å². The van der Waals surface area contributed by atoms with Crippen molar-refractivity contribution in [3.8, 4) is 5.75 Å². The summed E-state index contributed by atoms with van der Waals surface area (Å²) in [7, 11) is 0. The Morgan fingerprint density at radius 2 is 1.92 bits per heavy atom. The first-order valence-electron chi connectivity index (χ1n) is 8.31. The minimum absolute atomic E-state index is 0.128. The van der Waals surface area contributed by atoms with E-state index in [-0.39, 0.29) is 23.3 Å². The molecule has 2 rings (SSSR count). The molecule has 0 aromatic heterocycles. The van der Waals surface area contributed by atoms with Crippen molar-refractivity contribution in [3.63, 3.8) is 0 Å². The molecule has 2 atom stereocenters. The number of piperazine rings is 1. The van der Waals surface area contributed by atoms with Crippen molar-refractivity contribution in [2.45, 2.75) is 39.1 Å². The molecule has 0 amide bonds. The zero-order valence-corrected chi connectivity index (χ0v) is 14.0. The fourth-order valence-electron chi connectivity index (χ4n) is 3.38. The van der Waals surface area contributed by atoms with Crippen LogP contribution in [0.15, 0.2) is 18.2 Å². The van der Waals surface area contributed by atoms with Gasteiger partial charge in [-0.1, -0.05) is 20.3 Å². The first-order chi connectivity index (χ1) is 11.3. The van der Waals surface area contributed by atoms with Crippen LogP contribution in [0.2, 0.25) is 0 Å². The van der Waals surface area contributed by atoms with Crippen molar-refractivity contribution in [1.82, 2.24) is 10.2 Å². The molecule has 3 nitrogen and oxygen atoms in total. The molecule has 1 fully saturated rings. The third-order valence-corrected chi connectivity index (χ3v) is 4.35. The first-order valence-corrected chi connectivity index (χ1v) is 8.31. The average molecular weight is 348 g/mol. The molecule has 1 aliphatic rings. The lowest BCUT2D eigenvalue weighted by atomic mass is 9.88. The van der Waals surface area contributed by atoms with Gasteiger partial charge in [0.2, 0.25) is 0 Å². The van der Waals surface area contributed by atoms with Gasteiger partial charge in [0.25, 0.3) is 0 Å². The van der Waals surface area contributed by atoms with Crippen molar-refractivity contribution < 1.29 is 22.3 Å². The van der Waals surface area contributed by atoms with E-state index < -0.39 is 12.2 Å². The molecule has 1 aromatic carbocycles. The monoisotopic (exact) mass is 348 g/mol. The van der Waals surface area contributed by atoms with Crippen LogP contribution in [0.25, 0.3) is 0 Å². The van der Waals surface area contributed by atoms with Gasteiger partial charge in [0.15, 0.2) is 0 Å². The van der Waals surface area contributed by atoms with Crippen molar-refractivity contribution in [2.75, 3.05) is 26.2 Å². The average Bonchev–Trinajstić information content (AvgIpc) is 2.50. The first kappa shape index (κ1) is 19.0. The molecule has 1 saturated heterocycles. The van der Waals surface area contributed by atoms with Crippen LogP contribution < -0.4 is 10.1 Å². The maximum atomic E-state index is 14.4. The quantitative estimate of drug-likeness (QED) is 0.783. The summed E-state index contributed by atoms with van der Waals surface area (Å²) in [6.07, 6.45) is -2.98. The van der Waals surface area contributed by atoms with Gasteiger partial charge in [-0.15, -0.1) is 13.2 Å². The lowest BCUT2D eigenvalue weighted by Gasteiger charge is -2.39. The molecule has 0 saturated carbocycles. The van der Waals surface area contributed by atoms with Crippen LogP contribution in [0.5, 0.6) is 5.75 Å². The number of alkyl halides is 3. The molecule has 1 aliphatic heterocycles. The number of nitrogens with zero attached hydrogens (tertiary/aromatic N) is 1. The Labute approximate surface area is 140 Å². The van der Waals surface area contributed by atoms with E-state index in [0.29, 0.717) is 0 Å². The Kier molecular flexibility index (Phi) is 6.46. The number of hydrogen-bond donors (Lipinski definition) is 1. The van der Waals surface area contributed by atoms with E-state index in [9.17, 15) is 17.6 Å². The van der Waals surface area contributed by atoms with Gasteiger partial charge in [-0.3, -0.25) is 4.90 Å².